The number of likely N-dealkylation sites (N-methyl/N-ethyl adjacent to an activating group) is 1. The van der Waals surface area contributed by atoms with Crippen molar-refractivity contribution < 1.29 is 18.0 Å². The number of hydrogen-bond acceptors (Lipinski definition) is 6. The monoisotopic (exact) mass is 463 g/mol. The summed E-state index contributed by atoms with van der Waals surface area (Å²) in [5.74, 6) is -1.34. The van der Waals surface area contributed by atoms with Crippen molar-refractivity contribution in [2.45, 2.75) is 25.4 Å². The quantitative estimate of drug-likeness (QED) is 0.486. The Balaban J connectivity index is 1.92. The van der Waals surface area contributed by atoms with E-state index in [-0.39, 0.29) is 6.42 Å². The lowest BCUT2D eigenvalue weighted by atomic mass is 10.1. The van der Waals surface area contributed by atoms with Crippen LogP contribution in [0, 0.1) is 0 Å². The summed E-state index contributed by atoms with van der Waals surface area (Å²) in [5.41, 5.74) is 6.24. The van der Waals surface area contributed by atoms with E-state index in [1.807, 2.05) is 42.3 Å². The number of hydrogen-bond donors (Lipinski definition) is 2. The van der Waals surface area contributed by atoms with Gasteiger partial charge in [-0.25, -0.2) is 14.7 Å². The summed E-state index contributed by atoms with van der Waals surface area (Å²) in [6.45, 7) is 3.31. The van der Waals surface area contributed by atoms with Crippen LogP contribution in [0.4, 0.5) is 0 Å². The van der Waals surface area contributed by atoms with E-state index in [4.69, 9.17) is 5.73 Å². The van der Waals surface area contributed by atoms with Gasteiger partial charge in [-0.15, -0.1) is 0 Å². The highest BCUT2D eigenvalue weighted by molar-refractivity contribution is 7.87. The van der Waals surface area contributed by atoms with E-state index >= 15 is 0 Å². The van der Waals surface area contributed by atoms with Crippen molar-refractivity contribution in [1.29, 1.82) is 0 Å². The lowest BCUT2D eigenvalue weighted by Crippen LogP contribution is -2.61. The average molecular weight is 464 g/mol. The summed E-state index contributed by atoms with van der Waals surface area (Å²) >= 11 is 0. The molecular weight excluding hydrogens is 434 g/mol. The number of imidazole rings is 1. The molecule has 0 radical (unpaired) electrons. The van der Waals surface area contributed by atoms with Gasteiger partial charge in [-0.1, -0.05) is 30.3 Å². The van der Waals surface area contributed by atoms with Gasteiger partial charge in [0.1, 0.15) is 18.4 Å². The van der Waals surface area contributed by atoms with Crippen LogP contribution in [0.1, 0.15) is 12.5 Å². The van der Waals surface area contributed by atoms with E-state index < -0.39 is 34.1 Å². The highest BCUT2D eigenvalue weighted by Crippen LogP contribution is 2.12. The number of benzene rings is 1. The fraction of sp³-hybridized carbons (Fsp3) is 0.450. The lowest BCUT2D eigenvalue weighted by molar-refractivity contribution is -0.126. The molecule has 1 aromatic carbocycles. The Hall–Kier alpha value is -2.80. The number of carbonyl (C=O) groups is 2. The molecule has 0 spiro atoms. The second-order valence-corrected chi connectivity index (χ2v) is 9.47. The molecule has 1 aliphatic heterocycles. The maximum atomic E-state index is 13.6. The summed E-state index contributed by atoms with van der Waals surface area (Å²) in [6.07, 6.45) is 4.40. The third-order valence-electron chi connectivity index (χ3n) is 5.42. The van der Waals surface area contributed by atoms with Crippen LogP contribution in [0.15, 0.2) is 49.1 Å². The van der Waals surface area contributed by atoms with Crippen molar-refractivity contribution in [3.63, 3.8) is 0 Å². The number of carbonyl (C=O) groups excluding carboxylic acids is 2. The molecule has 174 valence electrons. The molecular formula is C20H29N7O4S. The Labute approximate surface area is 187 Å². The van der Waals surface area contributed by atoms with Crippen molar-refractivity contribution in [3.05, 3.63) is 54.6 Å². The number of nitrogens with two attached hydrogens (primary N) is 1. The maximum Gasteiger partial charge on any atom is 0.280 e. The number of primary amides is 1. The largest absolute Gasteiger partial charge is 0.368 e. The van der Waals surface area contributed by atoms with Gasteiger partial charge in [-0.3, -0.25) is 9.59 Å². The number of nitrogens with zero attached hydrogens (tertiary/aromatic N) is 5. The molecule has 32 heavy (non-hydrogen) atoms. The SMILES string of the molecule is C[C@@H](C(N)=O)N(C(=O)[C@H](Cc1ccccc1)NS(=O)(=O)N1CCN(C)CC1)n1ccnc1. The first-order valence-electron chi connectivity index (χ1n) is 10.3. The van der Waals surface area contributed by atoms with Crippen LogP contribution in [-0.2, 0) is 26.2 Å². The molecule has 2 amide bonds. The van der Waals surface area contributed by atoms with Gasteiger partial charge < -0.3 is 10.6 Å². The van der Waals surface area contributed by atoms with E-state index in [1.165, 1.54) is 34.6 Å². The predicted octanol–water partition coefficient (Wildman–Crippen LogP) is -1.09. The first-order valence-corrected chi connectivity index (χ1v) is 11.7. The van der Waals surface area contributed by atoms with Crippen molar-refractivity contribution in [1.82, 2.24) is 23.6 Å². The molecule has 0 unspecified atom stereocenters. The van der Waals surface area contributed by atoms with Gasteiger partial charge in [0.05, 0.1) is 0 Å². The Morgan fingerprint density at radius 1 is 1.19 bits per heavy atom. The van der Waals surface area contributed by atoms with Crippen LogP contribution in [0.5, 0.6) is 0 Å². The number of amides is 2. The second kappa shape index (κ2) is 10.2. The zero-order valence-electron chi connectivity index (χ0n) is 18.2. The second-order valence-electron chi connectivity index (χ2n) is 7.77. The molecule has 0 aliphatic carbocycles. The summed E-state index contributed by atoms with van der Waals surface area (Å²) in [7, 11) is -2.03. The molecule has 1 fully saturated rings. The fourth-order valence-electron chi connectivity index (χ4n) is 3.48. The molecule has 1 aliphatic rings. The molecule has 2 atom stereocenters. The lowest BCUT2D eigenvalue weighted by Gasteiger charge is -2.34. The minimum atomic E-state index is -3.95. The van der Waals surface area contributed by atoms with Crippen LogP contribution < -0.4 is 15.5 Å². The van der Waals surface area contributed by atoms with Gasteiger partial charge in [0.25, 0.3) is 16.1 Å². The van der Waals surface area contributed by atoms with Crippen LogP contribution in [-0.4, -0.2) is 84.4 Å². The smallest absolute Gasteiger partial charge is 0.280 e. The summed E-state index contributed by atoms with van der Waals surface area (Å²) in [6, 6.07) is 6.89. The summed E-state index contributed by atoms with van der Waals surface area (Å²) in [4.78, 5) is 31.5. The maximum absolute atomic E-state index is 13.6. The zero-order valence-corrected chi connectivity index (χ0v) is 19.0. The third kappa shape index (κ3) is 5.71. The summed E-state index contributed by atoms with van der Waals surface area (Å²) < 4.78 is 31.5. The molecule has 3 N–H and O–H groups in total. The first-order chi connectivity index (χ1) is 15.2. The minimum Gasteiger partial charge on any atom is -0.368 e. The fourth-order valence-corrected chi connectivity index (χ4v) is 4.81. The van der Waals surface area contributed by atoms with Crippen LogP contribution >= 0.6 is 0 Å². The van der Waals surface area contributed by atoms with E-state index in [1.54, 1.807) is 0 Å². The van der Waals surface area contributed by atoms with E-state index in [0.29, 0.717) is 26.2 Å². The highest BCUT2D eigenvalue weighted by Gasteiger charge is 2.36. The molecule has 12 heteroatoms. The van der Waals surface area contributed by atoms with Crippen LogP contribution in [0.2, 0.25) is 0 Å². The molecule has 0 saturated carbocycles. The zero-order chi connectivity index (χ0) is 23.3. The predicted molar refractivity (Wildman–Crippen MR) is 119 cm³/mol. The van der Waals surface area contributed by atoms with Gasteiger partial charge in [0, 0.05) is 38.6 Å². The van der Waals surface area contributed by atoms with Crippen molar-refractivity contribution in [2.75, 3.05) is 38.2 Å². The number of aromatic nitrogens is 2. The van der Waals surface area contributed by atoms with Gasteiger partial charge in [-0.05, 0) is 26.0 Å². The van der Waals surface area contributed by atoms with Gasteiger partial charge >= 0.3 is 0 Å². The molecule has 1 aromatic heterocycles. The molecule has 0 bridgehead atoms. The minimum absolute atomic E-state index is 0.101. The molecule has 3 rings (SSSR count). The molecule has 2 aromatic rings. The highest BCUT2D eigenvalue weighted by atomic mass is 32.2. The normalized spacial score (nSPS) is 17.6. The van der Waals surface area contributed by atoms with Crippen molar-refractivity contribution in [3.8, 4) is 0 Å². The third-order valence-corrected chi connectivity index (χ3v) is 7.05. The molecule has 1 saturated heterocycles. The first kappa shape index (κ1) is 23.9. The van der Waals surface area contributed by atoms with Crippen LogP contribution in [0.3, 0.4) is 0 Å². The Morgan fingerprint density at radius 2 is 1.84 bits per heavy atom. The number of piperazine rings is 1. The van der Waals surface area contributed by atoms with E-state index in [9.17, 15) is 18.0 Å². The van der Waals surface area contributed by atoms with Crippen molar-refractivity contribution >= 4 is 22.0 Å². The number of nitrogens with one attached hydrogen (secondary N) is 1. The van der Waals surface area contributed by atoms with Gasteiger partial charge in [0.2, 0.25) is 5.91 Å². The number of rotatable bonds is 9. The van der Waals surface area contributed by atoms with Crippen molar-refractivity contribution in [2.24, 2.45) is 5.73 Å². The van der Waals surface area contributed by atoms with E-state index in [0.717, 1.165) is 10.6 Å². The van der Waals surface area contributed by atoms with E-state index in [2.05, 4.69) is 9.71 Å². The molecule has 11 nitrogen and oxygen atoms in total. The average Bonchev–Trinajstić information content (AvgIpc) is 3.28. The summed E-state index contributed by atoms with van der Waals surface area (Å²) in [5, 5.41) is 1.12. The van der Waals surface area contributed by atoms with Crippen LogP contribution in [0.25, 0.3) is 0 Å². The standard InChI is InChI=1S/C20H29N7O4S/c1-16(19(21)28)27(25-9-8-22-15-25)20(29)18(14-17-6-4-3-5-7-17)23-32(30,31)26-12-10-24(2)11-13-26/h3-9,15-16,18,23H,10-14H2,1-2H3,(H2,21,28)/t16-,18-/m0/s1. The Bertz CT molecular complexity index is 1010. The van der Waals surface area contributed by atoms with Gasteiger partial charge in [0.15, 0.2) is 0 Å². The Morgan fingerprint density at radius 3 is 2.41 bits per heavy atom. The molecule has 2 heterocycles. The topological polar surface area (TPSA) is 134 Å². The van der Waals surface area contributed by atoms with Gasteiger partial charge in [-0.2, -0.15) is 17.4 Å². The Kier molecular flexibility index (Phi) is 7.61.